The van der Waals surface area contributed by atoms with Gasteiger partial charge in [-0.25, -0.2) is 13.9 Å². The molecule has 0 saturated heterocycles. The molecule has 28 heavy (non-hydrogen) atoms. The van der Waals surface area contributed by atoms with Crippen LogP contribution in [0.4, 0.5) is 4.39 Å². The first-order valence-electron chi connectivity index (χ1n) is 8.93. The molecule has 1 amide bonds. The highest BCUT2D eigenvalue weighted by atomic mass is 35.5. The predicted octanol–water partition coefficient (Wildman–Crippen LogP) is 4.91. The summed E-state index contributed by atoms with van der Waals surface area (Å²) >= 11 is 11.9. The molecule has 0 aliphatic carbocycles. The summed E-state index contributed by atoms with van der Waals surface area (Å²) in [4.78, 5) is 17.0. The van der Waals surface area contributed by atoms with Gasteiger partial charge < -0.3 is 5.32 Å². The van der Waals surface area contributed by atoms with Crippen LogP contribution in [0, 0.1) is 26.6 Å². The minimum absolute atomic E-state index is 0.0463. The van der Waals surface area contributed by atoms with E-state index in [2.05, 4.69) is 15.4 Å². The van der Waals surface area contributed by atoms with Crippen LogP contribution in [0.1, 0.15) is 47.6 Å². The maximum atomic E-state index is 13.7. The van der Waals surface area contributed by atoms with Crippen molar-refractivity contribution < 1.29 is 9.18 Å². The molecule has 2 heterocycles. The van der Waals surface area contributed by atoms with Crippen LogP contribution in [0.3, 0.4) is 0 Å². The Morgan fingerprint density at radius 3 is 2.64 bits per heavy atom. The van der Waals surface area contributed by atoms with Gasteiger partial charge in [0.1, 0.15) is 5.82 Å². The van der Waals surface area contributed by atoms with Gasteiger partial charge >= 0.3 is 0 Å². The number of nitrogens with zero attached hydrogens (tertiary/aromatic N) is 3. The minimum Gasteiger partial charge on any atom is -0.350 e. The Morgan fingerprint density at radius 1 is 1.21 bits per heavy atom. The highest BCUT2D eigenvalue weighted by molar-refractivity contribution is 6.35. The average Bonchev–Trinajstić information content (AvgIpc) is 2.98. The van der Waals surface area contributed by atoms with E-state index in [1.165, 1.54) is 12.1 Å². The van der Waals surface area contributed by atoms with Crippen LogP contribution in [-0.2, 0) is 11.2 Å². The van der Waals surface area contributed by atoms with E-state index in [0.29, 0.717) is 17.0 Å². The van der Waals surface area contributed by atoms with E-state index < -0.39 is 11.9 Å². The molecule has 0 spiro atoms. The highest BCUT2D eigenvalue weighted by Gasteiger charge is 2.17. The second-order valence-electron chi connectivity index (χ2n) is 6.89. The van der Waals surface area contributed by atoms with E-state index in [4.69, 9.17) is 23.2 Å². The monoisotopic (exact) mass is 422 g/mol. The summed E-state index contributed by atoms with van der Waals surface area (Å²) in [6, 6.07) is 4.08. The van der Waals surface area contributed by atoms with E-state index in [0.717, 1.165) is 28.3 Å². The van der Waals surface area contributed by atoms with Gasteiger partial charge in [0.25, 0.3) is 0 Å². The van der Waals surface area contributed by atoms with Gasteiger partial charge in [-0.05, 0) is 57.4 Å². The maximum Gasteiger partial charge on any atom is 0.220 e. The Hall–Kier alpha value is -2.18. The van der Waals surface area contributed by atoms with Gasteiger partial charge in [0.2, 0.25) is 5.91 Å². The third-order valence-electron chi connectivity index (χ3n) is 4.77. The van der Waals surface area contributed by atoms with Crippen molar-refractivity contribution >= 4 is 34.8 Å². The summed E-state index contributed by atoms with van der Waals surface area (Å²) in [7, 11) is 0. The van der Waals surface area contributed by atoms with Crippen LogP contribution in [0.25, 0.3) is 5.65 Å². The Balaban J connectivity index is 1.71. The highest BCUT2D eigenvalue weighted by Crippen LogP contribution is 2.28. The fourth-order valence-corrected chi connectivity index (χ4v) is 3.85. The molecule has 8 heteroatoms. The molecule has 3 aromatic rings. The molecule has 148 valence electrons. The lowest BCUT2D eigenvalue weighted by Gasteiger charge is -2.17. The predicted molar refractivity (Wildman–Crippen MR) is 108 cm³/mol. The number of hydrogen-bond acceptors (Lipinski definition) is 3. The summed E-state index contributed by atoms with van der Waals surface area (Å²) in [6.07, 6.45) is 0.800. The van der Waals surface area contributed by atoms with Crippen molar-refractivity contribution in [2.24, 2.45) is 0 Å². The summed E-state index contributed by atoms with van der Waals surface area (Å²) < 4.78 is 15.5. The number of fused-ring (bicyclic) bond motifs is 1. The zero-order valence-electron chi connectivity index (χ0n) is 16.1. The lowest BCUT2D eigenvalue weighted by Crippen LogP contribution is -2.27. The lowest BCUT2D eigenvalue weighted by atomic mass is 10.0. The molecule has 0 fully saturated rings. The number of aryl methyl sites for hydroxylation is 3. The average molecular weight is 423 g/mol. The summed E-state index contributed by atoms with van der Waals surface area (Å²) in [5.41, 5.74) is 5.03. The number of benzene rings is 1. The summed E-state index contributed by atoms with van der Waals surface area (Å²) in [5, 5.41) is 7.57. The second-order valence-corrected chi connectivity index (χ2v) is 7.71. The Morgan fingerprint density at radius 2 is 1.93 bits per heavy atom. The fourth-order valence-electron chi connectivity index (χ4n) is 3.30. The van der Waals surface area contributed by atoms with Crippen molar-refractivity contribution in [2.75, 3.05) is 0 Å². The maximum absolute atomic E-state index is 13.7. The van der Waals surface area contributed by atoms with Gasteiger partial charge in [-0.1, -0.05) is 23.2 Å². The molecule has 2 aromatic heterocycles. The van der Waals surface area contributed by atoms with Gasteiger partial charge in [0.05, 0.1) is 16.8 Å². The van der Waals surface area contributed by atoms with E-state index in [1.54, 1.807) is 11.4 Å². The van der Waals surface area contributed by atoms with E-state index in [9.17, 15) is 9.18 Å². The van der Waals surface area contributed by atoms with E-state index in [-0.39, 0.29) is 17.4 Å². The molecule has 0 bridgehead atoms. The van der Waals surface area contributed by atoms with Crippen LogP contribution >= 0.6 is 23.2 Å². The van der Waals surface area contributed by atoms with Gasteiger partial charge in [0.15, 0.2) is 5.65 Å². The van der Waals surface area contributed by atoms with Crippen molar-refractivity contribution in [2.45, 2.75) is 46.6 Å². The second kappa shape index (κ2) is 8.05. The zero-order valence-corrected chi connectivity index (χ0v) is 17.6. The minimum atomic E-state index is -0.567. The molecule has 5 nitrogen and oxygen atoms in total. The van der Waals surface area contributed by atoms with Gasteiger partial charge in [-0.3, -0.25) is 4.79 Å². The first-order valence-corrected chi connectivity index (χ1v) is 9.69. The van der Waals surface area contributed by atoms with Crippen molar-refractivity contribution in [3.8, 4) is 0 Å². The first kappa shape index (κ1) is 20.6. The van der Waals surface area contributed by atoms with Gasteiger partial charge in [-0.2, -0.15) is 5.10 Å². The molecule has 1 N–H and O–H groups in total. The Labute approximate surface area is 172 Å². The smallest absolute Gasteiger partial charge is 0.220 e. The van der Waals surface area contributed by atoms with Crippen molar-refractivity contribution in [3.63, 3.8) is 0 Å². The first-order chi connectivity index (χ1) is 13.2. The lowest BCUT2D eigenvalue weighted by molar-refractivity contribution is -0.121. The van der Waals surface area contributed by atoms with Crippen LogP contribution in [0.5, 0.6) is 0 Å². The number of rotatable bonds is 5. The number of nitrogens with one attached hydrogen (secondary N) is 1. The number of carbonyl (C=O) groups excluding carboxylic acids is 1. The van der Waals surface area contributed by atoms with Crippen molar-refractivity contribution in [1.29, 1.82) is 0 Å². The molecule has 0 saturated carbocycles. The zero-order chi connectivity index (χ0) is 20.6. The van der Waals surface area contributed by atoms with Crippen LogP contribution in [-0.4, -0.2) is 20.5 Å². The molecule has 0 unspecified atom stereocenters. The normalized spacial score (nSPS) is 12.4. The topological polar surface area (TPSA) is 59.3 Å². The van der Waals surface area contributed by atoms with Crippen LogP contribution in [0.15, 0.2) is 18.2 Å². The molecular formula is C20H21Cl2FN4O. The van der Waals surface area contributed by atoms with Crippen molar-refractivity contribution in [1.82, 2.24) is 19.9 Å². The van der Waals surface area contributed by atoms with Gasteiger partial charge in [0, 0.05) is 28.9 Å². The third kappa shape index (κ3) is 4.13. The van der Waals surface area contributed by atoms with Crippen LogP contribution < -0.4 is 5.32 Å². The number of hydrogen-bond donors (Lipinski definition) is 1. The molecule has 3 rings (SSSR count). The summed E-state index contributed by atoms with van der Waals surface area (Å²) in [6.45, 7) is 7.58. The largest absolute Gasteiger partial charge is 0.350 e. The van der Waals surface area contributed by atoms with Crippen molar-refractivity contribution in [3.05, 3.63) is 62.3 Å². The standard InChI is InChI=1S/C20H21Cl2FN4O/c1-10-7-19-24-11(2)14(13(4)27(19)26-10)5-6-20(28)25-12(3)15-8-18(23)17(22)9-16(15)21/h7-9,12H,5-6H2,1-4H3,(H,25,28)/t12-/m0/s1. The summed E-state index contributed by atoms with van der Waals surface area (Å²) in [5.74, 6) is -0.725. The molecule has 1 aromatic carbocycles. The molecule has 1 atom stereocenters. The quantitative estimate of drug-likeness (QED) is 0.594. The van der Waals surface area contributed by atoms with Gasteiger partial charge in [-0.15, -0.1) is 0 Å². The number of carbonyl (C=O) groups is 1. The number of aromatic nitrogens is 3. The Kier molecular flexibility index (Phi) is 5.91. The molecule has 0 aliphatic heterocycles. The van der Waals surface area contributed by atoms with E-state index >= 15 is 0 Å². The molecule has 0 aliphatic rings. The number of halogens is 3. The van der Waals surface area contributed by atoms with Crippen LogP contribution in [0.2, 0.25) is 10.0 Å². The third-order valence-corrected chi connectivity index (χ3v) is 5.39. The SMILES string of the molecule is Cc1cc2nc(C)c(CCC(=O)N[C@@H](C)c3cc(F)c(Cl)cc3Cl)c(C)n2n1. The molecular weight excluding hydrogens is 402 g/mol. The molecule has 0 radical (unpaired) electrons. The fraction of sp³-hybridized carbons (Fsp3) is 0.350. The number of amides is 1. The Bertz CT molecular complexity index is 1060. The van der Waals surface area contributed by atoms with E-state index in [1.807, 2.05) is 26.8 Å².